The normalized spacial score (nSPS) is 10.8. The molecule has 5 nitrogen and oxygen atoms in total. The van der Waals surface area contributed by atoms with Crippen LogP contribution in [0, 0.1) is 0 Å². The summed E-state index contributed by atoms with van der Waals surface area (Å²) in [6.07, 6.45) is 1.55. The van der Waals surface area contributed by atoms with Crippen LogP contribution >= 0.6 is 31.9 Å². The quantitative estimate of drug-likeness (QED) is 0.288. The van der Waals surface area contributed by atoms with Gasteiger partial charge in [-0.2, -0.15) is 5.10 Å². The molecule has 0 radical (unpaired) electrons. The van der Waals surface area contributed by atoms with Crippen molar-refractivity contribution in [1.29, 1.82) is 0 Å². The fourth-order valence-electron chi connectivity index (χ4n) is 2.71. The third-order valence-corrected chi connectivity index (χ3v) is 5.11. The number of carbonyl (C=O) groups is 1. The van der Waals surface area contributed by atoms with Crippen LogP contribution in [0.4, 0.5) is 0 Å². The molecule has 0 saturated carbocycles. The van der Waals surface area contributed by atoms with Crippen molar-refractivity contribution in [1.82, 2.24) is 5.43 Å². The summed E-state index contributed by atoms with van der Waals surface area (Å²) in [5, 5.41) is 4.10. The van der Waals surface area contributed by atoms with E-state index in [2.05, 4.69) is 42.4 Å². The molecule has 1 amide bonds. The Balaban J connectivity index is 1.71. The van der Waals surface area contributed by atoms with E-state index < -0.39 is 0 Å². The summed E-state index contributed by atoms with van der Waals surface area (Å²) in [5.41, 5.74) is 4.72. The third-order valence-electron chi connectivity index (χ3n) is 4.06. The lowest BCUT2D eigenvalue weighted by Crippen LogP contribution is -2.18. The topological polar surface area (TPSA) is 59.9 Å². The highest BCUT2D eigenvalue weighted by atomic mass is 79.9. The lowest BCUT2D eigenvalue weighted by molar-refractivity contribution is 0.0950. The summed E-state index contributed by atoms with van der Waals surface area (Å²) in [6.45, 7) is 2.79. The number of hydrazone groups is 1. The van der Waals surface area contributed by atoms with Crippen molar-refractivity contribution in [3.8, 4) is 11.5 Å². The second-order valence-electron chi connectivity index (χ2n) is 6.21. The van der Waals surface area contributed by atoms with Gasteiger partial charge >= 0.3 is 0 Å². The molecule has 0 atom stereocenters. The predicted molar refractivity (Wildman–Crippen MR) is 125 cm³/mol. The third kappa shape index (κ3) is 5.93. The fraction of sp³-hybridized carbons (Fsp3) is 0.130. The van der Waals surface area contributed by atoms with Gasteiger partial charge in [-0.3, -0.25) is 4.79 Å². The van der Waals surface area contributed by atoms with Crippen molar-refractivity contribution >= 4 is 44.0 Å². The van der Waals surface area contributed by atoms with Crippen LogP contribution in [0.25, 0.3) is 0 Å². The van der Waals surface area contributed by atoms with Crippen molar-refractivity contribution in [2.45, 2.75) is 13.5 Å². The molecule has 0 spiro atoms. The number of halogens is 2. The average Bonchev–Trinajstić information content (AvgIpc) is 2.75. The Morgan fingerprint density at radius 1 is 1.03 bits per heavy atom. The lowest BCUT2D eigenvalue weighted by Gasteiger charge is -2.11. The number of amides is 1. The largest absolute Gasteiger partial charge is 0.492 e. The van der Waals surface area contributed by atoms with Gasteiger partial charge in [0, 0.05) is 10.0 Å². The lowest BCUT2D eigenvalue weighted by atomic mass is 10.2. The molecule has 3 aromatic carbocycles. The smallest absolute Gasteiger partial charge is 0.275 e. The molecule has 0 saturated heterocycles. The van der Waals surface area contributed by atoms with Gasteiger partial charge in [-0.05, 0) is 52.7 Å². The van der Waals surface area contributed by atoms with E-state index >= 15 is 0 Å². The number of nitrogens with one attached hydrogen (secondary N) is 1. The minimum absolute atomic E-state index is 0.359. The van der Waals surface area contributed by atoms with Crippen LogP contribution in [0.5, 0.6) is 11.5 Å². The number of nitrogens with zero attached hydrogens (tertiary/aromatic N) is 1. The summed E-state index contributed by atoms with van der Waals surface area (Å²) < 4.78 is 13.2. The summed E-state index contributed by atoms with van der Waals surface area (Å²) >= 11 is 6.93. The molecular weight excluding hydrogens is 512 g/mol. The monoisotopic (exact) mass is 530 g/mol. The first-order valence-corrected chi connectivity index (χ1v) is 10.9. The number of ether oxygens (including phenoxy) is 2. The highest BCUT2D eigenvalue weighted by molar-refractivity contribution is 9.11. The first kappa shape index (κ1) is 22.1. The summed E-state index contributed by atoms with van der Waals surface area (Å²) in [7, 11) is 0. The van der Waals surface area contributed by atoms with E-state index in [1.165, 1.54) is 0 Å². The van der Waals surface area contributed by atoms with Crippen molar-refractivity contribution in [3.63, 3.8) is 0 Å². The van der Waals surface area contributed by atoms with Gasteiger partial charge < -0.3 is 9.47 Å². The Labute approximate surface area is 192 Å². The van der Waals surface area contributed by atoms with Crippen molar-refractivity contribution in [3.05, 3.63) is 92.4 Å². The Hall–Kier alpha value is -2.64. The maximum Gasteiger partial charge on any atom is 0.275 e. The molecule has 0 heterocycles. The van der Waals surface area contributed by atoms with Gasteiger partial charge in [0.15, 0.2) is 0 Å². The van der Waals surface area contributed by atoms with E-state index in [0.717, 1.165) is 20.1 Å². The van der Waals surface area contributed by atoms with Crippen molar-refractivity contribution in [2.24, 2.45) is 5.10 Å². The maximum absolute atomic E-state index is 12.7. The molecular formula is C23H20Br2N2O3. The molecule has 30 heavy (non-hydrogen) atoms. The Morgan fingerprint density at radius 2 is 1.77 bits per heavy atom. The second-order valence-corrected chi connectivity index (χ2v) is 7.98. The number of carbonyl (C=O) groups excluding carboxylic acids is 1. The highest BCUT2D eigenvalue weighted by Crippen LogP contribution is 2.32. The summed E-state index contributed by atoms with van der Waals surface area (Å²) in [4.78, 5) is 12.7. The maximum atomic E-state index is 12.7. The number of para-hydroxylation sites is 1. The molecule has 0 unspecified atom stereocenters. The fourth-order valence-corrected chi connectivity index (χ4v) is 4.08. The number of rotatable bonds is 8. The molecule has 0 bridgehead atoms. The van der Waals surface area contributed by atoms with Gasteiger partial charge in [0.25, 0.3) is 5.91 Å². The molecule has 154 valence electrons. The molecule has 0 fully saturated rings. The molecule has 0 aliphatic heterocycles. The zero-order chi connectivity index (χ0) is 21.3. The summed E-state index contributed by atoms with van der Waals surface area (Å²) in [6, 6.07) is 20.6. The highest BCUT2D eigenvalue weighted by Gasteiger charge is 2.12. The number of benzene rings is 3. The molecule has 1 N–H and O–H groups in total. The number of hydrogen-bond donors (Lipinski definition) is 1. The van der Waals surface area contributed by atoms with E-state index in [1.807, 2.05) is 55.5 Å². The SMILES string of the molecule is CCOc1c(Br)cc(Br)cc1/C=N/NC(=O)c1ccccc1OCc1ccccc1. The Kier molecular flexibility index (Phi) is 8.04. The van der Waals surface area contributed by atoms with Crippen LogP contribution in [0.3, 0.4) is 0 Å². The van der Waals surface area contributed by atoms with E-state index in [1.54, 1.807) is 24.4 Å². The standard InChI is InChI=1S/C23H20Br2N2O3/c1-2-29-22-17(12-18(24)13-20(22)25)14-26-27-23(28)19-10-6-7-11-21(19)30-15-16-8-4-3-5-9-16/h3-14H,2,15H2,1H3,(H,27,28)/b26-14+. The number of hydrogen-bond acceptors (Lipinski definition) is 4. The zero-order valence-electron chi connectivity index (χ0n) is 16.3. The van der Waals surface area contributed by atoms with Gasteiger partial charge in [0.2, 0.25) is 0 Å². The summed E-state index contributed by atoms with van der Waals surface area (Å²) in [5.74, 6) is 0.793. The van der Waals surface area contributed by atoms with Crippen LogP contribution in [0.15, 0.2) is 80.8 Å². The first-order chi connectivity index (χ1) is 14.6. The molecule has 0 aliphatic carbocycles. The van der Waals surface area contributed by atoms with Crippen LogP contribution in [-0.2, 0) is 6.61 Å². The molecule has 3 aromatic rings. The molecule has 3 rings (SSSR count). The predicted octanol–water partition coefficient (Wildman–Crippen LogP) is 5.95. The van der Waals surface area contributed by atoms with Crippen LogP contribution in [0.1, 0.15) is 28.4 Å². The Bertz CT molecular complexity index is 1040. The van der Waals surface area contributed by atoms with E-state index in [0.29, 0.717) is 30.3 Å². The van der Waals surface area contributed by atoms with Crippen LogP contribution in [0.2, 0.25) is 0 Å². The van der Waals surface area contributed by atoms with Crippen molar-refractivity contribution < 1.29 is 14.3 Å². The van der Waals surface area contributed by atoms with Gasteiger partial charge in [0.05, 0.1) is 22.9 Å². The molecule has 0 aromatic heterocycles. The van der Waals surface area contributed by atoms with Crippen LogP contribution in [-0.4, -0.2) is 18.7 Å². The minimum atomic E-state index is -0.359. The minimum Gasteiger partial charge on any atom is -0.492 e. The van der Waals surface area contributed by atoms with Gasteiger partial charge in [-0.1, -0.05) is 58.4 Å². The van der Waals surface area contributed by atoms with Gasteiger partial charge in [-0.15, -0.1) is 0 Å². The Morgan fingerprint density at radius 3 is 2.53 bits per heavy atom. The average molecular weight is 532 g/mol. The van der Waals surface area contributed by atoms with Crippen molar-refractivity contribution in [2.75, 3.05) is 6.61 Å². The van der Waals surface area contributed by atoms with Crippen LogP contribution < -0.4 is 14.9 Å². The van der Waals surface area contributed by atoms with Gasteiger partial charge in [0.1, 0.15) is 18.1 Å². The van der Waals surface area contributed by atoms with E-state index in [4.69, 9.17) is 9.47 Å². The van der Waals surface area contributed by atoms with E-state index in [9.17, 15) is 4.79 Å². The van der Waals surface area contributed by atoms with E-state index in [-0.39, 0.29) is 5.91 Å². The zero-order valence-corrected chi connectivity index (χ0v) is 19.4. The van der Waals surface area contributed by atoms with Gasteiger partial charge in [-0.25, -0.2) is 5.43 Å². The molecule has 0 aliphatic rings. The second kappa shape index (κ2) is 10.9. The first-order valence-electron chi connectivity index (χ1n) is 9.29. The molecule has 7 heteroatoms.